The molecule has 4 rings (SSSR count). The molecule has 1 aliphatic heterocycles. The minimum atomic E-state index is -4.43. The third-order valence-electron chi connectivity index (χ3n) is 4.86. The van der Waals surface area contributed by atoms with Gasteiger partial charge in [-0.05, 0) is 31.5 Å². The van der Waals surface area contributed by atoms with E-state index in [-0.39, 0.29) is 11.4 Å². The molecule has 0 spiro atoms. The minimum Gasteiger partial charge on any atom is -0.373 e. The maximum atomic E-state index is 12.9. The minimum absolute atomic E-state index is 0.0973. The number of rotatable bonds is 3. The summed E-state index contributed by atoms with van der Waals surface area (Å²) in [6, 6.07) is 6.47. The fraction of sp³-hybridized carbons (Fsp3) is 0.316. The van der Waals surface area contributed by atoms with Gasteiger partial charge in [0.15, 0.2) is 0 Å². The lowest BCUT2D eigenvalue weighted by Crippen LogP contribution is -2.34. The molecule has 2 aromatic heterocycles. The molecular weight excluding hydrogens is 371 g/mol. The Morgan fingerprint density at radius 1 is 1.21 bits per heavy atom. The van der Waals surface area contributed by atoms with Crippen molar-refractivity contribution in [3.8, 4) is 0 Å². The second-order valence-corrected chi connectivity index (χ2v) is 6.83. The molecular formula is C19H18F3N5O. The maximum absolute atomic E-state index is 12.9. The van der Waals surface area contributed by atoms with E-state index in [9.17, 15) is 18.0 Å². The highest BCUT2D eigenvalue weighted by molar-refractivity contribution is 6.02. The number of amides is 1. The Labute approximate surface area is 159 Å². The van der Waals surface area contributed by atoms with E-state index >= 15 is 0 Å². The number of benzene rings is 1. The molecule has 28 heavy (non-hydrogen) atoms. The molecule has 0 radical (unpaired) electrons. The van der Waals surface area contributed by atoms with E-state index in [1.165, 1.54) is 12.3 Å². The predicted molar refractivity (Wildman–Crippen MR) is 99.1 cm³/mol. The molecule has 3 aromatic rings. The summed E-state index contributed by atoms with van der Waals surface area (Å²) >= 11 is 0. The Morgan fingerprint density at radius 3 is 2.68 bits per heavy atom. The van der Waals surface area contributed by atoms with Crippen LogP contribution in [0.5, 0.6) is 0 Å². The molecule has 3 heterocycles. The lowest BCUT2D eigenvalue weighted by atomic mass is 10.1. The van der Waals surface area contributed by atoms with Gasteiger partial charge in [0.2, 0.25) is 0 Å². The number of aryl methyl sites for hydroxylation is 2. The van der Waals surface area contributed by atoms with Crippen molar-refractivity contribution >= 4 is 28.3 Å². The molecule has 1 unspecified atom stereocenters. The van der Waals surface area contributed by atoms with Crippen molar-refractivity contribution in [1.82, 2.24) is 14.8 Å². The van der Waals surface area contributed by atoms with Crippen molar-refractivity contribution in [2.45, 2.75) is 25.6 Å². The van der Waals surface area contributed by atoms with Crippen molar-refractivity contribution in [1.29, 1.82) is 0 Å². The van der Waals surface area contributed by atoms with Crippen LogP contribution < -0.4 is 10.2 Å². The normalized spacial score (nSPS) is 17.5. The zero-order valence-corrected chi connectivity index (χ0v) is 15.3. The van der Waals surface area contributed by atoms with Crippen LogP contribution in [0.3, 0.4) is 0 Å². The van der Waals surface area contributed by atoms with Gasteiger partial charge in [0.1, 0.15) is 11.9 Å². The first-order valence-corrected chi connectivity index (χ1v) is 8.78. The maximum Gasteiger partial charge on any atom is 0.416 e. The largest absolute Gasteiger partial charge is 0.416 e. The summed E-state index contributed by atoms with van der Waals surface area (Å²) in [7, 11) is 1.78. The van der Waals surface area contributed by atoms with Crippen LogP contribution in [0.1, 0.15) is 17.7 Å². The van der Waals surface area contributed by atoms with Crippen molar-refractivity contribution in [3.63, 3.8) is 0 Å². The average Bonchev–Trinajstić information content (AvgIpc) is 3.15. The van der Waals surface area contributed by atoms with Gasteiger partial charge in [0.25, 0.3) is 5.91 Å². The van der Waals surface area contributed by atoms with E-state index in [1.807, 2.05) is 13.0 Å². The van der Waals surface area contributed by atoms with E-state index < -0.39 is 17.8 Å². The molecule has 146 valence electrons. The average molecular weight is 389 g/mol. The van der Waals surface area contributed by atoms with Gasteiger partial charge >= 0.3 is 6.18 Å². The van der Waals surface area contributed by atoms with Gasteiger partial charge in [-0.15, -0.1) is 0 Å². The van der Waals surface area contributed by atoms with Gasteiger partial charge in [0.05, 0.1) is 16.8 Å². The number of anilines is 2. The Bertz CT molecular complexity index is 1060. The number of alkyl halides is 3. The number of aromatic nitrogens is 3. The fourth-order valence-corrected chi connectivity index (χ4v) is 3.53. The van der Waals surface area contributed by atoms with Gasteiger partial charge < -0.3 is 5.32 Å². The number of hydrogen-bond acceptors (Lipinski definition) is 4. The highest BCUT2D eigenvalue weighted by Gasteiger charge is 2.35. The third kappa shape index (κ3) is 3.17. The van der Waals surface area contributed by atoms with Gasteiger partial charge in [-0.3, -0.25) is 19.4 Å². The molecule has 1 amide bonds. The lowest BCUT2D eigenvalue weighted by molar-refractivity contribution is -0.137. The Kier molecular flexibility index (Phi) is 4.24. The summed E-state index contributed by atoms with van der Waals surface area (Å²) in [5.74, 6) is 0.626. The molecule has 1 fully saturated rings. The lowest BCUT2D eigenvalue weighted by Gasteiger charge is -2.18. The van der Waals surface area contributed by atoms with E-state index in [1.54, 1.807) is 22.7 Å². The number of nitrogens with zero attached hydrogens (tertiary/aromatic N) is 4. The quantitative estimate of drug-likeness (QED) is 0.745. The van der Waals surface area contributed by atoms with Crippen LogP contribution in [0.4, 0.5) is 24.7 Å². The molecule has 1 saturated heterocycles. The van der Waals surface area contributed by atoms with E-state index in [2.05, 4.69) is 15.4 Å². The Hall–Kier alpha value is -3.10. The molecule has 1 N–H and O–H groups in total. The van der Waals surface area contributed by atoms with Crippen LogP contribution in [0.2, 0.25) is 0 Å². The monoisotopic (exact) mass is 389 g/mol. The zero-order valence-electron chi connectivity index (χ0n) is 15.3. The molecule has 1 aliphatic rings. The van der Waals surface area contributed by atoms with Crippen molar-refractivity contribution in [2.24, 2.45) is 7.05 Å². The second-order valence-electron chi connectivity index (χ2n) is 6.83. The highest BCUT2D eigenvalue weighted by Crippen LogP contribution is 2.33. The van der Waals surface area contributed by atoms with Crippen LogP contribution >= 0.6 is 0 Å². The fourth-order valence-electron chi connectivity index (χ4n) is 3.53. The first-order valence-electron chi connectivity index (χ1n) is 8.78. The SMILES string of the molecule is Cc1cc(N2CCC(Nc3ccnc4cc(C(F)(F)F)ccc34)C2=O)n(C)n1. The van der Waals surface area contributed by atoms with Gasteiger partial charge in [-0.2, -0.15) is 18.3 Å². The molecule has 0 aliphatic carbocycles. The Morgan fingerprint density at radius 2 is 2.00 bits per heavy atom. The summed E-state index contributed by atoms with van der Waals surface area (Å²) in [4.78, 5) is 18.6. The van der Waals surface area contributed by atoms with Crippen LogP contribution in [0.25, 0.3) is 10.9 Å². The topological polar surface area (TPSA) is 63.1 Å². The van der Waals surface area contributed by atoms with Crippen LogP contribution in [0, 0.1) is 6.92 Å². The van der Waals surface area contributed by atoms with E-state index in [0.717, 1.165) is 23.6 Å². The number of nitrogens with one attached hydrogen (secondary N) is 1. The van der Waals surface area contributed by atoms with Crippen LogP contribution in [-0.4, -0.2) is 33.3 Å². The predicted octanol–water partition coefficient (Wildman–Crippen LogP) is 3.51. The number of fused-ring (bicyclic) bond motifs is 1. The first-order chi connectivity index (χ1) is 13.2. The van der Waals surface area contributed by atoms with Gasteiger partial charge in [-0.1, -0.05) is 6.07 Å². The smallest absolute Gasteiger partial charge is 0.373 e. The number of halogens is 3. The van der Waals surface area contributed by atoms with Gasteiger partial charge in [-0.25, -0.2) is 0 Å². The van der Waals surface area contributed by atoms with E-state index in [4.69, 9.17) is 0 Å². The molecule has 1 atom stereocenters. The zero-order chi connectivity index (χ0) is 20.1. The summed E-state index contributed by atoms with van der Waals surface area (Å²) in [5, 5.41) is 7.99. The summed E-state index contributed by atoms with van der Waals surface area (Å²) in [6.07, 6.45) is -2.41. The standard InChI is InChI=1S/C19H18F3N5O/c1-11-9-17(26(2)25-11)27-8-6-15(18(27)28)24-14-5-7-23-16-10-12(19(20,21)22)3-4-13(14)16/h3-5,7,9-10,15H,6,8H2,1-2H3,(H,23,24). The summed E-state index contributed by atoms with van der Waals surface area (Å²) < 4.78 is 40.5. The summed E-state index contributed by atoms with van der Waals surface area (Å²) in [5.41, 5.74) is 0.881. The third-order valence-corrected chi connectivity index (χ3v) is 4.86. The first kappa shape index (κ1) is 18.3. The Balaban J connectivity index is 1.60. The molecule has 9 heteroatoms. The molecule has 0 saturated carbocycles. The highest BCUT2D eigenvalue weighted by atomic mass is 19.4. The van der Waals surface area contributed by atoms with Crippen molar-refractivity contribution in [3.05, 3.63) is 47.8 Å². The molecule has 1 aromatic carbocycles. The van der Waals surface area contributed by atoms with E-state index in [0.29, 0.717) is 24.0 Å². The number of pyridine rings is 1. The van der Waals surface area contributed by atoms with Crippen LogP contribution in [-0.2, 0) is 18.0 Å². The second kappa shape index (κ2) is 6.50. The van der Waals surface area contributed by atoms with Crippen molar-refractivity contribution in [2.75, 3.05) is 16.8 Å². The number of carbonyl (C=O) groups is 1. The molecule has 0 bridgehead atoms. The van der Waals surface area contributed by atoms with Crippen molar-refractivity contribution < 1.29 is 18.0 Å². The number of carbonyl (C=O) groups excluding carboxylic acids is 1. The van der Waals surface area contributed by atoms with Gasteiger partial charge in [0, 0.05) is 36.9 Å². The summed E-state index contributed by atoms with van der Waals surface area (Å²) in [6.45, 7) is 2.40. The molecule has 6 nitrogen and oxygen atoms in total. The van der Waals surface area contributed by atoms with Crippen LogP contribution in [0.15, 0.2) is 36.5 Å². The number of hydrogen-bond donors (Lipinski definition) is 1.